The molecule has 0 aliphatic heterocycles. The molecule has 0 bridgehead atoms. The van der Waals surface area contributed by atoms with Gasteiger partial charge in [-0.1, -0.05) is 0 Å². The molecule has 0 aliphatic carbocycles. The fourth-order valence-electron chi connectivity index (χ4n) is 1.62. The molecule has 0 radical (unpaired) electrons. The molecule has 1 aromatic heterocycles. The molecule has 1 heterocycles. The average molecular weight is 292 g/mol. The number of nitrogens with one attached hydrogen (secondary N) is 2. The summed E-state index contributed by atoms with van der Waals surface area (Å²) in [5.41, 5.74) is 1.34. The Labute approximate surface area is 115 Å². The molecule has 5 nitrogen and oxygen atoms in total. The largest absolute Gasteiger partial charge is 0.416 e. The molecule has 0 amide bonds. The van der Waals surface area contributed by atoms with Crippen molar-refractivity contribution in [3.8, 4) is 0 Å². The molecule has 1 rings (SSSR count). The summed E-state index contributed by atoms with van der Waals surface area (Å²) in [4.78, 5) is 3.93. The lowest BCUT2D eigenvalue weighted by atomic mass is 10.2. The Morgan fingerprint density at radius 2 is 1.90 bits per heavy atom. The third-order valence-electron chi connectivity index (χ3n) is 2.63. The van der Waals surface area contributed by atoms with Crippen LogP contribution in [0.15, 0.2) is 12.1 Å². The molecule has 1 aromatic rings. The Morgan fingerprint density at radius 1 is 1.20 bits per heavy atom. The molecule has 0 atom stereocenters. The molecule has 20 heavy (non-hydrogen) atoms. The van der Waals surface area contributed by atoms with Gasteiger partial charge in [0.2, 0.25) is 0 Å². The predicted octanol–water partition coefficient (Wildman–Crippen LogP) is 2.61. The molecule has 0 aromatic carbocycles. The van der Waals surface area contributed by atoms with Crippen LogP contribution >= 0.6 is 0 Å². The van der Waals surface area contributed by atoms with Crippen LogP contribution in [0.2, 0.25) is 0 Å². The second kappa shape index (κ2) is 7.91. The van der Waals surface area contributed by atoms with Crippen LogP contribution in [0.25, 0.3) is 0 Å². The minimum atomic E-state index is -4.43. The summed E-state index contributed by atoms with van der Waals surface area (Å²) < 4.78 is 42.9. The number of rotatable bonds is 8. The van der Waals surface area contributed by atoms with Crippen molar-refractivity contribution in [1.29, 1.82) is 0 Å². The Balaban J connectivity index is 2.56. The second-order valence-corrected chi connectivity index (χ2v) is 4.25. The molecule has 0 fully saturated rings. The van der Waals surface area contributed by atoms with E-state index in [4.69, 9.17) is 10.6 Å². The first-order valence-corrected chi connectivity index (χ1v) is 6.26. The number of nitrogens with two attached hydrogens (primary N) is 1. The number of methoxy groups -OCH3 is 1. The van der Waals surface area contributed by atoms with Gasteiger partial charge in [-0.2, -0.15) is 13.2 Å². The summed E-state index contributed by atoms with van der Waals surface area (Å²) in [7, 11) is 1.63. The maximum atomic E-state index is 12.7. The summed E-state index contributed by atoms with van der Waals surface area (Å²) in [6, 6.07) is 1.83. The predicted molar refractivity (Wildman–Crippen MR) is 71.3 cm³/mol. The number of halogens is 3. The molecule has 8 heteroatoms. The number of hydrogen-bond acceptors (Lipinski definition) is 5. The smallest absolute Gasteiger partial charge is 0.385 e. The highest BCUT2D eigenvalue weighted by molar-refractivity contribution is 5.49. The highest BCUT2D eigenvalue weighted by Gasteiger charge is 2.31. The van der Waals surface area contributed by atoms with Crippen molar-refractivity contribution in [2.24, 2.45) is 5.84 Å². The van der Waals surface area contributed by atoms with Gasteiger partial charge in [0, 0.05) is 20.3 Å². The van der Waals surface area contributed by atoms with Gasteiger partial charge in [-0.3, -0.25) is 0 Å². The number of ether oxygens (including phenoxy) is 1. The Kier molecular flexibility index (Phi) is 6.53. The number of anilines is 2. The number of nitrogens with zero attached hydrogens (tertiary/aromatic N) is 1. The number of unbranched alkanes of at least 4 members (excludes halogenated alkanes) is 2. The standard InChI is InChI=1S/C12H19F3N4O/c1-20-6-4-2-3-5-17-10-7-9(12(13,14)15)8-11(18-10)19-16/h7-8H,2-6,16H2,1H3,(H2,17,18,19). The van der Waals surface area contributed by atoms with Gasteiger partial charge in [0.1, 0.15) is 11.6 Å². The lowest BCUT2D eigenvalue weighted by Crippen LogP contribution is -2.14. The highest BCUT2D eigenvalue weighted by Crippen LogP contribution is 2.31. The molecule has 0 saturated carbocycles. The van der Waals surface area contributed by atoms with Crippen molar-refractivity contribution in [1.82, 2.24) is 4.98 Å². The van der Waals surface area contributed by atoms with E-state index < -0.39 is 11.7 Å². The number of hydrogen-bond donors (Lipinski definition) is 3. The van der Waals surface area contributed by atoms with Crippen molar-refractivity contribution < 1.29 is 17.9 Å². The number of nitrogen functional groups attached to an aromatic ring is 1. The number of aromatic nitrogens is 1. The van der Waals surface area contributed by atoms with Crippen molar-refractivity contribution in [3.63, 3.8) is 0 Å². The first-order chi connectivity index (χ1) is 9.47. The summed E-state index contributed by atoms with van der Waals surface area (Å²) in [5, 5.41) is 2.86. The van der Waals surface area contributed by atoms with Crippen LogP contribution in [-0.2, 0) is 10.9 Å². The van der Waals surface area contributed by atoms with Crippen molar-refractivity contribution in [2.75, 3.05) is 31.0 Å². The SMILES string of the molecule is COCCCCCNc1cc(C(F)(F)F)cc(NN)n1. The monoisotopic (exact) mass is 292 g/mol. The molecule has 0 saturated heterocycles. The van der Waals surface area contributed by atoms with Crippen molar-refractivity contribution in [3.05, 3.63) is 17.7 Å². The van der Waals surface area contributed by atoms with Gasteiger partial charge in [-0.25, -0.2) is 10.8 Å². The van der Waals surface area contributed by atoms with Gasteiger partial charge in [0.15, 0.2) is 0 Å². The topological polar surface area (TPSA) is 72.2 Å². The van der Waals surface area contributed by atoms with Crippen molar-refractivity contribution in [2.45, 2.75) is 25.4 Å². The Bertz CT molecular complexity index is 412. The van der Waals surface area contributed by atoms with Crippen LogP contribution in [0.5, 0.6) is 0 Å². The van der Waals surface area contributed by atoms with Gasteiger partial charge in [-0.05, 0) is 31.4 Å². The van der Waals surface area contributed by atoms with E-state index in [1.54, 1.807) is 7.11 Å². The average Bonchev–Trinajstić information content (AvgIpc) is 2.41. The van der Waals surface area contributed by atoms with Gasteiger partial charge in [-0.15, -0.1) is 0 Å². The summed E-state index contributed by atoms with van der Waals surface area (Å²) in [6.45, 7) is 1.23. The van der Waals surface area contributed by atoms with E-state index in [0.717, 1.165) is 31.4 Å². The second-order valence-electron chi connectivity index (χ2n) is 4.25. The van der Waals surface area contributed by atoms with Crippen LogP contribution < -0.4 is 16.6 Å². The molecule has 4 N–H and O–H groups in total. The lowest BCUT2D eigenvalue weighted by molar-refractivity contribution is -0.137. The maximum Gasteiger partial charge on any atom is 0.416 e. The van der Waals surface area contributed by atoms with Crippen LogP contribution in [0, 0.1) is 0 Å². The third kappa shape index (κ3) is 5.62. The van der Waals surface area contributed by atoms with E-state index in [2.05, 4.69) is 15.7 Å². The normalized spacial score (nSPS) is 11.4. The van der Waals surface area contributed by atoms with Gasteiger partial charge in [0.05, 0.1) is 5.56 Å². The van der Waals surface area contributed by atoms with E-state index in [0.29, 0.717) is 13.2 Å². The first kappa shape index (κ1) is 16.5. The molecule has 114 valence electrons. The molecule has 0 spiro atoms. The zero-order valence-corrected chi connectivity index (χ0v) is 11.3. The minimum absolute atomic E-state index is 0.0262. The van der Waals surface area contributed by atoms with Gasteiger partial charge in [0.25, 0.3) is 0 Å². The number of hydrazine groups is 1. The van der Waals surface area contributed by atoms with Crippen LogP contribution in [0.3, 0.4) is 0 Å². The van der Waals surface area contributed by atoms with Crippen LogP contribution in [0.1, 0.15) is 24.8 Å². The summed E-state index contributed by atoms with van der Waals surface area (Å²) in [5.74, 6) is 5.25. The first-order valence-electron chi connectivity index (χ1n) is 6.26. The maximum absolute atomic E-state index is 12.7. The summed E-state index contributed by atoms with van der Waals surface area (Å²) >= 11 is 0. The lowest BCUT2D eigenvalue weighted by Gasteiger charge is -2.12. The third-order valence-corrected chi connectivity index (χ3v) is 2.63. The molecular weight excluding hydrogens is 273 g/mol. The van der Waals surface area contributed by atoms with E-state index >= 15 is 0 Å². The molecule has 0 unspecified atom stereocenters. The van der Waals surface area contributed by atoms with E-state index in [9.17, 15) is 13.2 Å². The number of pyridine rings is 1. The molecule has 0 aliphatic rings. The fraction of sp³-hybridized carbons (Fsp3) is 0.583. The fourth-order valence-corrected chi connectivity index (χ4v) is 1.62. The number of alkyl halides is 3. The van der Waals surface area contributed by atoms with Crippen LogP contribution in [-0.4, -0.2) is 25.2 Å². The van der Waals surface area contributed by atoms with Crippen molar-refractivity contribution >= 4 is 11.6 Å². The van der Waals surface area contributed by atoms with E-state index in [1.165, 1.54) is 0 Å². The zero-order valence-electron chi connectivity index (χ0n) is 11.3. The van der Waals surface area contributed by atoms with Gasteiger partial charge >= 0.3 is 6.18 Å². The highest BCUT2D eigenvalue weighted by atomic mass is 19.4. The summed E-state index contributed by atoms with van der Waals surface area (Å²) in [6.07, 6.45) is -1.75. The van der Waals surface area contributed by atoms with Gasteiger partial charge < -0.3 is 15.5 Å². The zero-order chi connectivity index (χ0) is 15.0. The van der Waals surface area contributed by atoms with E-state index in [-0.39, 0.29) is 11.6 Å². The Morgan fingerprint density at radius 3 is 2.50 bits per heavy atom. The Hall–Kier alpha value is -1.54. The minimum Gasteiger partial charge on any atom is -0.385 e. The van der Waals surface area contributed by atoms with E-state index in [1.807, 2.05) is 0 Å². The quantitative estimate of drug-likeness (QED) is 0.390. The van der Waals surface area contributed by atoms with Crippen LogP contribution in [0.4, 0.5) is 24.8 Å². The molecular formula is C12H19F3N4O.